The number of aromatic nitrogens is 2. The van der Waals surface area contributed by atoms with E-state index in [2.05, 4.69) is 10.3 Å². The van der Waals surface area contributed by atoms with E-state index in [1.807, 2.05) is 20.8 Å². The summed E-state index contributed by atoms with van der Waals surface area (Å²) >= 11 is 1.47. The molecule has 2 unspecified atom stereocenters. The number of nitrogens with one attached hydrogen (secondary N) is 1. The van der Waals surface area contributed by atoms with Crippen LogP contribution in [0.5, 0.6) is 0 Å². The van der Waals surface area contributed by atoms with Gasteiger partial charge >= 0.3 is 0 Å². The van der Waals surface area contributed by atoms with E-state index >= 15 is 0 Å². The highest BCUT2D eigenvalue weighted by atomic mass is 32.2. The van der Waals surface area contributed by atoms with Crippen molar-refractivity contribution >= 4 is 27.7 Å². The Morgan fingerprint density at radius 1 is 1.42 bits per heavy atom. The number of carbonyl (C=O) groups excluding carboxylic acids is 1. The SMILES string of the molecule is CC(C)C(C)NC(=O)C1CSCN1S(=O)(=O)c1cnc2n1CCC2. The second-order valence-corrected chi connectivity index (χ2v) is 9.55. The lowest BCUT2D eigenvalue weighted by molar-refractivity contribution is -0.124. The van der Waals surface area contributed by atoms with Gasteiger partial charge in [0.05, 0.1) is 12.1 Å². The number of hydrogen-bond acceptors (Lipinski definition) is 5. The van der Waals surface area contributed by atoms with E-state index in [9.17, 15) is 13.2 Å². The zero-order valence-corrected chi connectivity index (χ0v) is 15.9. The summed E-state index contributed by atoms with van der Waals surface area (Å²) in [6.45, 7) is 6.66. The minimum atomic E-state index is -3.72. The number of sulfonamides is 1. The Labute approximate surface area is 147 Å². The van der Waals surface area contributed by atoms with Crippen LogP contribution in [0.3, 0.4) is 0 Å². The van der Waals surface area contributed by atoms with Crippen LogP contribution < -0.4 is 5.32 Å². The molecule has 0 saturated carbocycles. The van der Waals surface area contributed by atoms with E-state index in [4.69, 9.17) is 0 Å². The van der Waals surface area contributed by atoms with Crippen LogP contribution in [-0.4, -0.2) is 51.9 Å². The maximum Gasteiger partial charge on any atom is 0.261 e. The summed E-state index contributed by atoms with van der Waals surface area (Å²) < 4.78 is 29.2. The zero-order chi connectivity index (χ0) is 17.5. The van der Waals surface area contributed by atoms with Crippen LogP contribution in [0.15, 0.2) is 11.2 Å². The van der Waals surface area contributed by atoms with E-state index in [0.717, 1.165) is 18.7 Å². The molecule has 24 heavy (non-hydrogen) atoms. The molecule has 0 spiro atoms. The number of thioether (sulfide) groups is 1. The highest BCUT2D eigenvalue weighted by Gasteiger charge is 2.42. The number of fused-ring (bicyclic) bond motifs is 1. The van der Waals surface area contributed by atoms with Crippen molar-refractivity contribution in [2.45, 2.75) is 57.3 Å². The van der Waals surface area contributed by atoms with Gasteiger partial charge in [0, 0.05) is 24.8 Å². The van der Waals surface area contributed by atoms with Gasteiger partial charge in [0.2, 0.25) is 5.91 Å². The molecule has 0 radical (unpaired) electrons. The van der Waals surface area contributed by atoms with Crippen LogP contribution in [0, 0.1) is 5.92 Å². The Kier molecular flexibility index (Phi) is 4.94. The van der Waals surface area contributed by atoms with Gasteiger partial charge in [-0.3, -0.25) is 4.79 Å². The first kappa shape index (κ1) is 17.8. The average Bonchev–Trinajstić information content (AvgIpc) is 3.22. The Morgan fingerprint density at radius 3 is 2.88 bits per heavy atom. The van der Waals surface area contributed by atoms with Crippen LogP contribution >= 0.6 is 11.8 Å². The van der Waals surface area contributed by atoms with Gasteiger partial charge in [0.15, 0.2) is 5.03 Å². The molecule has 1 fully saturated rings. The summed E-state index contributed by atoms with van der Waals surface area (Å²) in [4.78, 5) is 16.8. The van der Waals surface area contributed by atoms with Crippen molar-refractivity contribution in [3.05, 3.63) is 12.0 Å². The molecular formula is C15H24N4O3S2. The molecule has 0 bridgehead atoms. The van der Waals surface area contributed by atoms with E-state index < -0.39 is 16.1 Å². The first-order valence-electron chi connectivity index (χ1n) is 8.26. The highest BCUT2D eigenvalue weighted by Crippen LogP contribution is 2.30. The van der Waals surface area contributed by atoms with E-state index in [1.165, 1.54) is 22.3 Å². The third-order valence-corrected chi connectivity index (χ3v) is 7.80. The van der Waals surface area contributed by atoms with Gasteiger partial charge in [-0.25, -0.2) is 13.4 Å². The molecule has 1 N–H and O–H groups in total. The molecule has 1 saturated heterocycles. The lowest BCUT2D eigenvalue weighted by Crippen LogP contribution is -2.50. The summed E-state index contributed by atoms with van der Waals surface area (Å²) in [5.74, 6) is 1.68. The molecule has 3 heterocycles. The second kappa shape index (κ2) is 6.68. The number of carbonyl (C=O) groups is 1. The number of amides is 1. The third-order valence-electron chi connectivity index (χ3n) is 4.77. The first-order valence-corrected chi connectivity index (χ1v) is 10.9. The predicted molar refractivity (Wildman–Crippen MR) is 93.1 cm³/mol. The molecule has 1 amide bonds. The lowest BCUT2D eigenvalue weighted by atomic mass is 10.1. The van der Waals surface area contributed by atoms with Crippen LogP contribution in [0.2, 0.25) is 0 Å². The van der Waals surface area contributed by atoms with Gasteiger partial charge in [-0.15, -0.1) is 11.8 Å². The van der Waals surface area contributed by atoms with Crippen molar-refractivity contribution in [1.82, 2.24) is 19.2 Å². The minimum absolute atomic E-state index is 0.00636. The quantitative estimate of drug-likeness (QED) is 0.835. The Balaban J connectivity index is 1.83. The lowest BCUT2D eigenvalue weighted by Gasteiger charge is -2.25. The molecule has 2 aliphatic heterocycles. The second-order valence-electron chi connectivity index (χ2n) is 6.72. The summed E-state index contributed by atoms with van der Waals surface area (Å²) in [5, 5.41) is 3.16. The minimum Gasteiger partial charge on any atom is -0.352 e. The normalized spacial score (nSPS) is 22.8. The zero-order valence-electron chi connectivity index (χ0n) is 14.2. The van der Waals surface area contributed by atoms with Gasteiger partial charge in [0.25, 0.3) is 10.0 Å². The fourth-order valence-electron chi connectivity index (χ4n) is 2.91. The number of aryl methyl sites for hydroxylation is 1. The predicted octanol–water partition coefficient (Wildman–Crippen LogP) is 1.05. The van der Waals surface area contributed by atoms with Crippen LogP contribution in [0.25, 0.3) is 0 Å². The standard InChI is InChI=1S/C15H24N4O3S2/c1-10(2)11(3)17-15(20)12-8-23-9-19(12)24(21,22)14-7-16-13-5-4-6-18(13)14/h7,10-12H,4-6,8-9H2,1-3H3,(H,17,20). The molecule has 9 heteroatoms. The molecule has 2 atom stereocenters. The van der Waals surface area contributed by atoms with Crippen molar-refractivity contribution in [2.75, 3.05) is 11.6 Å². The fraction of sp³-hybridized carbons (Fsp3) is 0.733. The maximum absolute atomic E-state index is 13.1. The van der Waals surface area contributed by atoms with Gasteiger partial charge < -0.3 is 9.88 Å². The average molecular weight is 373 g/mol. The van der Waals surface area contributed by atoms with Crippen molar-refractivity contribution in [3.8, 4) is 0 Å². The van der Waals surface area contributed by atoms with Crippen LogP contribution in [0.4, 0.5) is 0 Å². The van der Waals surface area contributed by atoms with Gasteiger partial charge in [0.1, 0.15) is 11.9 Å². The fourth-order valence-corrected chi connectivity index (χ4v) is 6.21. The number of imidazole rings is 1. The number of rotatable bonds is 5. The van der Waals surface area contributed by atoms with Crippen LogP contribution in [0.1, 0.15) is 33.0 Å². The molecule has 1 aromatic heterocycles. The van der Waals surface area contributed by atoms with Gasteiger partial charge in [-0.1, -0.05) is 13.8 Å². The molecule has 134 valence electrons. The third kappa shape index (κ3) is 3.09. The molecule has 0 aliphatic carbocycles. The molecule has 3 rings (SSSR count). The highest BCUT2D eigenvalue weighted by molar-refractivity contribution is 8.00. The van der Waals surface area contributed by atoms with Gasteiger partial charge in [-0.2, -0.15) is 4.31 Å². The summed E-state index contributed by atoms with van der Waals surface area (Å²) in [6, 6.07) is -0.652. The molecule has 0 aromatic carbocycles. The summed E-state index contributed by atoms with van der Waals surface area (Å²) in [7, 11) is -3.72. The van der Waals surface area contributed by atoms with Gasteiger partial charge in [-0.05, 0) is 19.3 Å². The Bertz CT molecular complexity index is 729. The molecule has 1 aromatic rings. The van der Waals surface area contributed by atoms with Crippen molar-refractivity contribution in [3.63, 3.8) is 0 Å². The van der Waals surface area contributed by atoms with Crippen molar-refractivity contribution < 1.29 is 13.2 Å². The van der Waals surface area contributed by atoms with E-state index in [0.29, 0.717) is 24.1 Å². The van der Waals surface area contributed by atoms with E-state index in [1.54, 1.807) is 4.57 Å². The molecule has 2 aliphatic rings. The Hall–Kier alpha value is -1.06. The number of nitrogens with zero attached hydrogens (tertiary/aromatic N) is 3. The molecular weight excluding hydrogens is 348 g/mol. The largest absolute Gasteiger partial charge is 0.352 e. The summed E-state index contributed by atoms with van der Waals surface area (Å²) in [6.07, 6.45) is 3.15. The first-order chi connectivity index (χ1) is 11.3. The van der Waals surface area contributed by atoms with Crippen molar-refractivity contribution in [1.29, 1.82) is 0 Å². The summed E-state index contributed by atoms with van der Waals surface area (Å²) in [5.41, 5.74) is 0. The topological polar surface area (TPSA) is 84.3 Å². The maximum atomic E-state index is 13.1. The number of hydrogen-bond donors (Lipinski definition) is 1. The van der Waals surface area contributed by atoms with E-state index in [-0.39, 0.29) is 17.0 Å². The smallest absolute Gasteiger partial charge is 0.261 e. The van der Waals surface area contributed by atoms with Crippen LogP contribution in [-0.2, 0) is 27.8 Å². The monoisotopic (exact) mass is 372 g/mol. The van der Waals surface area contributed by atoms with Crippen molar-refractivity contribution in [2.24, 2.45) is 5.92 Å². The molecule has 7 nitrogen and oxygen atoms in total. The Morgan fingerprint density at radius 2 is 2.17 bits per heavy atom.